The number of benzene rings is 1. The molecule has 8 nitrogen and oxygen atoms in total. The van der Waals surface area contributed by atoms with Crippen molar-refractivity contribution in [2.75, 3.05) is 23.3 Å². The summed E-state index contributed by atoms with van der Waals surface area (Å²) in [7, 11) is 0. The second-order valence-corrected chi connectivity index (χ2v) is 5.64. The molecule has 4 N–H and O–H groups in total. The molecule has 0 amide bonds. The van der Waals surface area contributed by atoms with Crippen LogP contribution >= 0.6 is 0 Å². The van der Waals surface area contributed by atoms with Gasteiger partial charge in [0.05, 0.1) is 6.10 Å². The molecule has 1 saturated heterocycles. The van der Waals surface area contributed by atoms with Crippen LogP contribution in [0.25, 0.3) is 0 Å². The molecule has 0 aliphatic carbocycles. The topological polar surface area (TPSA) is 119 Å². The smallest absolute Gasteiger partial charge is 0.339 e. The van der Waals surface area contributed by atoms with Gasteiger partial charge in [-0.05, 0) is 31.0 Å². The first-order valence-electron chi connectivity index (χ1n) is 7.62. The molecular weight excluding hydrogens is 312 g/mol. The van der Waals surface area contributed by atoms with Gasteiger partial charge in [-0.25, -0.2) is 9.78 Å². The van der Waals surface area contributed by atoms with Crippen molar-refractivity contribution in [2.45, 2.75) is 18.9 Å². The van der Waals surface area contributed by atoms with Gasteiger partial charge in [-0.1, -0.05) is 0 Å². The van der Waals surface area contributed by atoms with Crippen LogP contribution in [0.4, 0.5) is 17.5 Å². The summed E-state index contributed by atoms with van der Waals surface area (Å²) in [6.45, 7) is 1.35. The maximum Gasteiger partial charge on any atom is 0.339 e. The monoisotopic (exact) mass is 330 g/mol. The predicted octanol–water partition coefficient (Wildman–Crippen LogP) is 1.59. The fraction of sp³-hybridized carbons (Fsp3) is 0.312. The Labute approximate surface area is 138 Å². The number of carboxylic acids is 1. The van der Waals surface area contributed by atoms with Crippen LogP contribution in [0.15, 0.2) is 30.5 Å². The molecule has 0 radical (unpaired) electrons. The molecule has 24 heavy (non-hydrogen) atoms. The Morgan fingerprint density at radius 1 is 1.33 bits per heavy atom. The van der Waals surface area contributed by atoms with Crippen LogP contribution in [0, 0.1) is 0 Å². The Bertz CT molecular complexity index is 753. The maximum atomic E-state index is 10.9. The number of anilines is 3. The number of phenols is 1. The maximum absolute atomic E-state index is 10.9. The van der Waals surface area contributed by atoms with Crippen molar-refractivity contribution in [2.24, 2.45) is 0 Å². The van der Waals surface area contributed by atoms with Crippen molar-refractivity contribution in [1.82, 2.24) is 9.97 Å². The van der Waals surface area contributed by atoms with Crippen LogP contribution in [0.2, 0.25) is 0 Å². The number of rotatable bonds is 4. The average molecular weight is 330 g/mol. The number of aromatic hydroxyl groups is 1. The Kier molecular flexibility index (Phi) is 4.48. The summed E-state index contributed by atoms with van der Waals surface area (Å²) in [6, 6.07) is 5.92. The molecule has 126 valence electrons. The summed E-state index contributed by atoms with van der Waals surface area (Å²) in [6.07, 6.45) is 2.95. The highest BCUT2D eigenvalue weighted by molar-refractivity contribution is 5.91. The number of nitrogens with zero attached hydrogens (tertiary/aromatic N) is 3. The van der Waals surface area contributed by atoms with E-state index in [1.807, 2.05) is 4.90 Å². The van der Waals surface area contributed by atoms with Gasteiger partial charge in [-0.3, -0.25) is 0 Å². The first-order chi connectivity index (χ1) is 11.5. The average Bonchev–Trinajstić information content (AvgIpc) is 2.55. The molecule has 1 unspecified atom stereocenters. The number of aliphatic hydroxyl groups is 1. The first-order valence-corrected chi connectivity index (χ1v) is 7.62. The van der Waals surface area contributed by atoms with Crippen LogP contribution in [-0.2, 0) is 0 Å². The minimum atomic E-state index is -1.19. The van der Waals surface area contributed by atoms with Crippen molar-refractivity contribution in [3.8, 4) is 5.75 Å². The van der Waals surface area contributed by atoms with Gasteiger partial charge >= 0.3 is 5.97 Å². The predicted molar refractivity (Wildman–Crippen MR) is 87.8 cm³/mol. The summed E-state index contributed by atoms with van der Waals surface area (Å²) in [4.78, 5) is 21.4. The van der Waals surface area contributed by atoms with Gasteiger partial charge in [0.15, 0.2) is 0 Å². The molecule has 2 aromatic rings. The molecule has 0 spiro atoms. The minimum absolute atomic E-state index is 0.169. The van der Waals surface area contributed by atoms with E-state index in [0.717, 1.165) is 19.4 Å². The lowest BCUT2D eigenvalue weighted by Gasteiger charge is -2.31. The van der Waals surface area contributed by atoms with E-state index in [0.29, 0.717) is 24.0 Å². The number of β-amino-alcohol motifs (C(OH)–C–C–N with tert-alkyl or cyclic N) is 1. The summed E-state index contributed by atoms with van der Waals surface area (Å²) in [5.74, 6) is -0.489. The summed E-state index contributed by atoms with van der Waals surface area (Å²) < 4.78 is 0. The van der Waals surface area contributed by atoms with Crippen LogP contribution < -0.4 is 10.2 Å². The largest absolute Gasteiger partial charge is 0.507 e. The quantitative estimate of drug-likeness (QED) is 0.667. The Balaban J connectivity index is 1.77. The van der Waals surface area contributed by atoms with Gasteiger partial charge in [0, 0.05) is 31.0 Å². The molecule has 1 aliphatic rings. The number of hydrogen-bond donors (Lipinski definition) is 4. The number of carbonyl (C=O) groups is 1. The van der Waals surface area contributed by atoms with Gasteiger partial charge in [0.1, 0.15) is 17.1 Å². The van der Waals surface area contributed by atoms with E-state index in [2.05, 4.69) is 15.3 Å². The van der Waals surface area contributed by atoms with Crippen molar-refractivity contribution in [3.05, 3.63) is 36.0 Å². The lowest BCUT2D eigenvalue weighted by Crippen LogP contribution is -2.38. The molecule has 1 aliphatic heterocycles. The Hall–Kier alpha value is -2.87. The number of piperidine rings is 1. The number of aliphatic hydroxyl groups excluding tert-OH is 1. The Morgan fingerprint density at radius 3 is 2.88 bits per heavy atom. The highest BCUT2D eigenvalue weighted by Crippen LogP contribution is 2.24. The lowest BCUT2D eigenvalue weighted by molar-refractivity contribution is 0.0693. The molecule has 1 aromatic carbocycles. The van der Waals surface area contributed by atoms with Gasteiger partial charge in [0.25, 0.3) is 0 Å². The van der Waals surface area contributed by atoms with Crippen LogP contribution in [0.1, 0.15) is 23.2 Å². The van der Waals surface area contributed by atoms with Gasteiger partial charge in [-0.15, -0.1) is 0 Å². The van der Waals surface area contributed by atoms with Gasteiger partial charge < -0.3 is 25.5 Å². The summed E-state index contributed by atoms with van der Waals surface area (Å²) in [5, 5.41) is 31.4. The number of aromatic carboxylic acids is 1. The van der Waals surface area contributed by atoms with Crippen molar-refractivity contribution in [3.63, 3.8) is 0 Å². The van der Waals surface area contributed by atoms with Gasteiger partial charge in [0.2, 0.25) is 5.95 Å². The van der Waals surface area contributed by atoms with Crippen molar-refractivity contribution >= 4 is 23.4 Å². The third-order valence-electron chi connectivity index (χ3n) is 3.85. The van der Waals surface area contributed by atoms with E-state index in [1.54, 1.807) is 12.3 Å². The Morgan fingerprint density at radius 2 is 2.17 bits per heavy atom. The second kappa shape index (κ2) is 6.71. The van der Waals surface area contributed by atoms with Gasteiger partial charge in [-0.2, -0.15) is 4.98 Å². The molecule has 1 fully saturated rings. The standard InChI is InChI=1S/C16H18N4O4/c21-11-2-1-7-20(9-11)14-5-6-17-16(19-14)18-10-3-4-12(15(23)24)13(22)8-10/h3-6,8,11,21-22H,1-2,7,9H2,(H,23,24)(H,17,18,19). The molecule has 8 heteroatoms. The number of aromatic nitrogens is 2. The fourth-order valence-corrected chi connectivity index (χ4v) is 2.67. The number of nitrogens with one attached hydrogen (secondary N) is 1. The molecule has 0 bridgehead atoms. The highest BCUT2D eigenvalue weighted by atomic mass is 16.4. The van der Waals surface area contributed by atoms with Crippen LogP contribution in [0.3, 0.4) is 0 Å². The SMILES string of the molecule is O=C(O)c1ccc(Nc2nccc(N3CCCC(O)C3)n2)cc1O. The van der Waals surface area contributed by atoms with Crippen LogP contribution in [0.5, 0.6) is 5.75 Å². The second-order valence-electron chi connectivity index (χ2n) is 5.64. The van der Waals surface area contributed by atoms with Crippen molar-refractivity contribution in [1.29, 1.82) is 0 Å². The highest BCUT2D eigenvalue weighted by Gasteiger charge is 2.19. The fourth-order valence-electron chi connectivity index (χ4n) is 2.67. The number of hydrogen-bond acceptors (Lipinski definition) is 7. The molecule has 1 aromatic heterocycles. The zero-order valence-electron chi connectivity index (χ0n) is 12.9. The zero-order valence-corrected chi connectivity index (χ0v) is 12.9. The van der Waals surface area contributed by atoms with E-state index in [-0.39, 0.29) is 17.4 Å². The molecule has 2 heterocycles. The van der Waals surface area contributed by atoms with Crippen LogP contribution in [-0.4, -0.2) is 50.5 Å². The third kappa shape index (κ3) is 3.54. The minimum Gasteiger partial charge on any atom is -0.507 e. The normalized spacial score (nSPS) is 17.5. The molecular formula is C16H18N4O4. The third-order valence-corrected chi connectivity index (χ3v) is 3.85. The van der Waals surface area contributed by atoms with E-state index in [9.17, 15) is 15.0 Å². The van der Waals surface area contributed by atoms with E-state index in [1.165, 1.54) is 18.2 Å². The summed E-state index contributed by atoms with van der Waals surface area (Å²) >= 11 is 0. The van der Waals surface area contributed by atoms with E-state index in [4.69, 9.17) is 5.11 Å². The number of carboxylic acid groups (broad SMARTS) is 1. The van der Waals surface area contributed by atoms with Crippen molar-refractivity contribution < 1.29 is 20.1 Å². The lowest BCUT2D eigenvalue weighted by atomic mass is 10.1. The molecule has 0 saturated carbocycles. The molecule has 1 atom stereocenters. The van der Waals surface area contributed by atoms with E-state index < -0.39 is 5.97 Å². The first kappa shape index (κ1) is 16.0. The summed E-state index contributed by atoms with van der Waals surface area (Å²) in [5.41, 5.74) is 0.311. The zero-order chi connectivity index (χ0) is 17.1. The molecule has 3 rings (SSSR count). The van der Waals surface area contributed by atoms with E-state index >= 15 is 0 Å².